The third-order valence-electron chi connectivity index (χ3n) is 3.39. The molecule has 20 heavy (non-hydrogen) atoms. The second-order valence-corrected chi connectivity index (χ2v) is 4.95. The van der Waals surface area contributed by atoms with Gasteiger partial charge in [0, 0.05) is 13.0 Å². The number of benzene rings is 1. The first-order valence-corrected chi connectivity index (χ1v) is 6.84. The van der Waals surface area contributed by atoms with Gasteiger partial charge in [0.25, 0.3) is 0 Å². The summed E-state index contributed by atoms with van der Waals surface area (Å²) in [4.78, 5) is 22.4. The second-order valence-electron chi connectivity index (χ2n) is 4.95. The topological polar surface area (TPSA) is 75.6 Å². The van der Waals surface area contributed by atoms with E-state index in [1.54, 1.807) is 0 Å². The molecular weight excluding hydrogens is 258 g/mol. The number of nitrogens with one attached hydrogen (secondary N) is 1. The highest BCUT2D eigenvalue weighted by atomic mass is 16.5. The van der Waals surface area contributed by atoms with Gasteiger partial charge in [0.2, 0.25) is 5.91 Å². The van der Waals surface area contributed by atoms with Crippen molar-refractivity contribution in [1.82, 2.24) is 5.32 Å². The van der Waals surface area contributed by atoms with Crippen LogP contribution in [0.5, 0.6) is 0 Å². The molecule has 5 nitrogen and oxygen atoms in total. The zero-order chi connectivity index (χ0) is 14.4. The molecule has 1 aromatic carbocycles. The molecule has 1 heterocycles. The normalized spacial score (nSPS) is 21.6. The monoisotopic (exact) mass is 277 g/mol. The fraction of sp³-hybridized carbons (Fsp3) is 0.467. The molecule has 1 aromatic rings. The minimum absolute atomic E-state index is 0.0313. The van der Waals surface area contributed by atoms with Crippen molar-refractivity contribution in [2.24, 2.45) is 0 Å². The Labute approximate surface area is 117 Å². The first-order valence-electron chi connectivity index (χ1n) is 6.84. The summed E-state index contributed by atoms with van der Waals surface area (Å²) in [5, 5.41) is 11.6. The maximum absolute atomic E-state index is 11.7. The molecule has 2 atom stereocenters. The molecule has 5 heteroatoms. The summed E-state index contributed by atoms with van der Waals surface area (Å²) < 4.78 is 5.32. The van der Waals surface area contributed by atoms with Gasteiger partial charge in [-0.05, 0) is 24.8 Å². The quantitative estimate of drug-likeness (QED) is 0.823. The Balaban J connectivity index is 1.65. The smallest absolute Gasteiger partial charge is 0.332 e. The summed E-state index contributed by atoms with van der Waals surface area (Å²) in [6.45, 7) is 0.386. The van der Waals surface area contributed by atoms with Gasteiger partial charge in [-0.3, -0.25) is 4.79 Å². The molecule has 0 saturated carbocycles. The van der Waals surface area contributed by atoms with Crippen molar-refractivity contribution >= 4 is 11.9 Å². The molecule has 0 radical (unpaired) electrons. The predicted molar refractivity (Wildman–Crippen MR) is 73.3 cm³/mol. The van der Waals surface area contributed by atoms with Crippen LogP contribution in [0.4, 0.5) is 0 Å². The van der Waals surface area contributed by atoms with Gasteiger partial charge in [0.1, 0.15) is 0 Å². The van der Waals surface area contributed by atoms with Crippen LogP contribution in [0.2, 0.25) is 0 Å². The fourth-order valence-corrected chi connectivity index (χ4v) is 2.26. The SMILES string of the molecule is O=C(CCc1ccccc1)NCC1CCC(C(=O)O)O1. The van der Waals surface area contributed by atoms with Crippen LogP contribution < -0.4 is 5.32 Å². The van der Waals surface area contributed by atoms with Crippen LogP contribution in [0.3, 0.4) is 0 Å². The van der Waals surface area contributed by atoms with E-state index < -0.39 is 12.1 Å². The number of ether oxygens (including phenoxy) is 1. The van der Waals surface area contributed by atoms with Crippen molar-refractivity contribution < 1.29 is 19.4 Å². The molecule has 2 N–H and O–H groups in total. The highest BCUT2D eigenvalue weighted by molar-refractivity contribution is 5.76. The first kappa shape index (κ1) is 14.5. The van der Waals surface area contributed by atoms with Crippen LogP contribution in [0.25, 0.3) is 0 Å². The lowest BCUT2D eigenvalue weighted by molar-refractivity contribution is -0.149. The molecule has 0 aromatic heterocycles. The number of aliphatic carboxylic acids is 1. The van der Waals surface area contributed by atoms with Gasteiger partial charge < -0.3 is 15.2 Å². The molecule has 1 amide bonds. The number of carbonyl (C=O) groups excluding carboxylic acids is 1. The predicted octanol–water partition coefficient (Wildman–Crippen LogP) is 1.37. The number of carboxylic acid groups (broad SMARTS) is 1. The van der Waals surface area contributed by atoms with Gasteiger partial charge in [0.05, 0.1) is 6.10 Å². The number of aryl methyl sites for hydroxylation is 1. The summed E-state index contributed by atoms with van der Waals surface area (Å²) in [5.74, 6) is -0.959. The number of rotatable bonds is 6. The van der Waals surface area contributed by atoms with Crippen LogP contribution in [0, 0.1) is 0 Å². The Kier molecular flexibility index (Phi) is 5.12. The minimum atomic E-state index is -0.928. The molecule has 0 aliphatic carbocycles. The van der Waals surface area contributed by atoms with Gasteiger partial charge >= 0.3 is 5.97 Å². The zero-order valence-electron chi connectivity index (χ0n) is 11.2. The third kappa shape index (κ3) is 4.35. The van der Waals surface area contributed by atoms with Crippen LogP contribution in [0.1, 0.15) is 24.8 Å². The van der Waals surface area contributed by atoms with Gasteiger partial charge in [0.15, 0.2) is 6.10 Å². The van der Waals surface area contributed by atoms with Gasteiger partial charge in [-0.2, -0.15) is 0 Å². The molecule has 0 bridgehead atoms. The van der Waals surface area contributed by atoms with Crippen molar-refractivity contribution in [3.63, 3.8) is 0 Å². The van der Waals surface area contributed by atoms with Crippen LogP contribution in [-0.2, 0) is 20.7 Å². The van der Waals surface area contributed by atoms with E-state index in [1.807, 2.05) is 30.3 Å². The lowest BCUT2D eigenvalue weighted by Gasteiger charge is -2.12. The summed E-state index contributed by atoms with van der Waals surface area (Å²) in [5.41, 5.74) is 1.13. The number of hydrogen-bond donors (Lipinski definition) is 2. The number of carbonyl (C=O) groups is 2. The van der Waals surface area contributed by atoms with E-state index in [2.05, 4.69) is 5.32 Å². The molecule has 1 aliphatic rings. The molecule has 1 saturated heterocycles. The highest BCUT2D eigenvalue weighted by Gasteiger charge is 2.30. The van der Waals surface area contributed by atoms with Crippen LogP contribution >= 0.6 is 0 Å². The van der Waals surface area contributed by atoms with Crippen LogP contribution in [0.15, 0.2) is 30.3 Å². The van der Waals surface area contributed by atoms with E-state index >= 15 is 0 Å². The zero-order valence-corrected chi connectivity index (χ0v) is 11.2. The van der Waals surface area contributed by atoms with Gasteiger partial charge in [-0.15, -0.1) is 0 Å². The molecule has 1 aliphatic heterocycles. The molecule has 108 valence electrons. The van der Waals surface area contributed by atoms with Gasteiger partial charge in [-0.25, -0.2) is 4.79 Å². The summed E-state index contributed by atoms with van der Waals surface area (Å²) in [7, 11) is 0. The van der Waals surface area contributed by atoms with Crippen molar-refractivity contribution in [3.8, 4) is 0 Å². The summed E-state index contributed by atoms with van der Waals surface area (Å²) in [6, 6.07) is 9.83. The molecule has 2 unspecified atom stereocenters. The lowest BCUT2D eigenvalue weighted by Crippen LogP contribution is -2.33. The van der Waals surface area contributed by atoms with E-state index in [9.17, 15) is 9.59 Å². The van der Waals surface area contributed by atoms with Gasteiger partial charge in [-0.1, -0.05) is 30.3 Å². The van der Waals surface area contributed by atoms with Crippen molar-refractivity contribution in [1.29, 1.82) is 0 Å². The minimum Gasteiger partial charge on any atom is -0.479 e. The van der Waals surface area contributed by atoms with Crippen LogP contribution in [-0.4, -0.2) is 35.7 Å². The Hall–Kier alpha value is -1.88. The molecular formula is C15H19NO4. The summed E-state index contributed by atoms with van der Waals surface area (Å²) >= 11 is 0. The van der Waals surface area contributed by atoms with E-state index in [4.69, 9.17) is 9.84 Å². The fourth-order valence-electron chi connectivity index (χ4n) is 2.26. The van der Waals surface area contributed by atoms with E-state index in [0.717, 1.165) is 5.56 Å². The maximum Gasteiger partial charge on any atom is 0.332 e. The van der Waals surface area contributed by atoms with E-state index in [1.165, 1.54) is 0 Å². The number of hydrogen-bond acceptors (Lipinski definition) is 3. The average Bonchev–Trinajstić information content (AvgIpc) is 2.93. The van der Waals surface area contributed by atoms with E-state index in [0.29, 0.717) is 32.2 Å². The number of amides is 1. The van der Waals surface area contributed by atoms with Crippen molar-refractivity contribution in [2.45, 2.75) is 37.9 Å². The Morgan fingerprint density at radius 2 is 2.00 bits per heavy atom. The molecule has 0 spiro atoms. The van der Waals surface area contributed by atoms with Crippen molar-refractivity contribution in [2.75, 3.05) is 6.54 Å². The standard InChI is InChI=1S/C15H19NO4/c17-14(9-6-11-4-2-1-3-5-11)16-10-12-7-8-13(20-12)15(18)19/h1-5,12-13H,6-10H2,(H,16,17)(H,18,19). The molecule has 2 rings (SSSR count). The Morgan fingerprint density at radius 3 is 2.65 bits per heavy atom. The van der Waals surface area contributed by atoms with E-state index in [-0.39, 0.29) is 12.0 Å². The Morgan fingerprint density at radius 1 is 1.25 bits per heavy atom. The highest BCUT2D eigenvalue weighted by Crippen LogP contribution is 2.19. The third-order valence-corrected chi connectivity index (χ3v) is 3.39. The maximum atomic E-state index is 11.7. The number of carboxylic acids is 1. The largest absolute Gasteiger partial charge is 0.479 e. The lowest BCUT2D eigenvalue weighted by atomic mass is 10.1. The summed E-state index contributed by atoms with van der Waals surface area (Å²) in [6.07, 6.45) is 1.42. The Bertz CT molecular complexity index is 460. The first-order chi connectivity index (χ1) is 9.65. The van der Waals surface area contributed by atoms with Crippen molar-refractivity contribution in [3.05, 3.63) is 35.9 Å². The molecule has 1 fully saturated rings. The second kappa shape index (κ2) is 7.05. The average molecular weight is 277 g/mol.